The molecule has 20 heavy (non-hydrogen) atoms. The molecular formula is C13H17ClFN3O2. The summed E-state index contributed by atoms with van der Waals surface area (Å²) in [5.74, 6) is -0.496. The van der Waals surface area contributed by atoms with E-state index in [0.717, 1.165) is 0 Å². The molecule has 7 heteroatoms. The molecule has 2 rings (SSSR count). The van der Waals surface area contributed by atoms with Crippen molar-refractivity contribution < 1.29 is 13.9 Å². The summed E-state index contributed by atoms with van der Waals surface area (Å²) in [6.45, 7) is 3.43. The lowest BCUT2D eigenvalue weighted by Gasteiger charge is -2.32. The number of morpholine rings is 1. The quantitative estimate of drug-likeness (QED) is 0.834. The molecular weight excluding hydrogens is 285 g/mol. The molecule has 1 aliphatic rings. The van der Waals surface area contributed by atoms with Gasteiger partial charge in [0.2, 0.25) is 5.91 Å². The van der Waals surface area contributed by atoms with Crippen LogP contribution in [0.4, 0.5) is 15.8 Å². The molecule has 1 aromatic rings. The number of carbonyl (C=O) groups is 1. The van der Waals surface area contributed by atoms with Gasteiger partial charge in [0.15, 0.2) is 0 Å². The van der Waals surface area contributed by atoms with Crippen LogP contribution in [0.5, 0.6) is 0 Å². The Morgan fingerprint density at radius 1 is 1.65 bits per heavy atom. The van der Waals surface area contributed by atoms with Gasteiger partial charge in [-0.25, -0.2) is 4.39 Å². The molecule has 1 amide bonds. The molecule has 1 fully saturated rings. The van der Waals surface area contributed by atoms with E-state index in [1.165, 1.54) is 19.1 Å². The Labute approximate surface area is 121 Å². The number of benzene rings is 1. The van der Waals surface area contributed by atoms with Gasteiger partial charge >= 0.3 is 0 Å². The molecule has 0 radical (unpaired) electrons. The van der Waals surface area contributed by atoms with Gasteiger partial charge in [-0.3, -0.25) is 4.79 Å². The largest absolute Gasteiger partial charge is 0.397 e. The van der Waals surface area contributed by atoms with E-state index in [1.807, 2.05) is 0 Å². The Morgan fingerprint density at radius 3 is 3.05 bits per heavy atom. The monoisotopic (exact) mass is 301 g/mol. The van der Waals surface area contributed by atoms with Crippen LogP contribution in [0, 0.1) is 5.82 Å². The standard InChI is InChI=1S/C13H17ClFN3O2/c1-8(19)18-2-3-20-10(7-18)6-17-13-11(15)4-9(14)5-12(13)16/h4-5,10,17H,2-3,6-7,16H2,1H3. The number of nitrogens with one attached hydrogen (secondary N) is 1. The van der Waals surface area contributed by atoms with Gasteiger partial charge in [-0.05, 0) is 12.1 Å². The number of anilines is 2. The summed E-state index contributed by atoms with van der Waals surface area (Å²) in [5, 5.41) is 3.17. The number of halogens is 2. The molecule has 110 valence electrons. The molecule has 0 aromatic heterocycles. The maximum Gasteiger partial charge on any atom is 0.219 e. The summed E-state index contributed by atoms with van der Waals surface area (Å²) in [4.78, 5) is 13.0. The number of nitrogens with zero attached hydrogens (tertiary/aromatic N) is 1. The number of carbonyl (C=O) groups excluding carboxylic acids is 1. The molecule has 3 N–H and O–H groups in total. The Balaban J connectivity index is 1.97. The number of nitrogen functional groups attached to an aromatic ring is 1. The lowest BCUT2D eigenvalue weighted by Crippen LogP contribution is -2.47. The van der Waals surface area contributed by atoms with Crippen LogP contribution in [0.2, 0.25) is 5.02 Å². The third-order valence-electron chi connectivity index (χ3n) is 3.18. The van der Waals surface area contributed by atoms with Crippen molar-refractivity contribution in [3.63, 3.8) is 0 Å². The Kier molecular flexibility index (Phi) is 4.67. The summed E-state index contributed by atoms with van der Waals surface area (Å²) >= 11 is 5.71. The van der Waals surface area contributed by atoms with Crippen molar-refractivity contribution in [1.82, 2.24) is 4.90 Å². The predicted octanol–water partition coefficient (Wildman–Crippen LogP) is 1.72. The van der Waals surface area contributed by atoms with E-state index < -0.39 is 5.82 Å². The van der Waals surface area contributed by atoms with Gasteiger partial charge in [0.05, 0.1) is 24.1 Å². The zero-order valence-corrected chi connectivity index (χ0v) is 11.9. The van der Waals surface area contributed by atoms with Crippen molar-refractivity contribution in [3.05, 3.63) is 23.0 Å². The first-order valence-corrected chi connectivity index (χ1v) is 6.70. The molecule has 1 aromatic carbocycles. The summed E-state index contributed by atoms with van der Waals surface area (Å²) < 4.78 is 19.3. The second-order valence-electron chi connectivity index (χ2n) is 4.69. The molecule has 1 saturated heterocycles. The minimum Gasteiger partial charge on any atom is -0.397 e. The van der Waals surface area contributed by atoms with Crippen LogP contribution in [-0.2, 0) is 9.53 Å². The van der Waals surface area contributed by atoms with Gasteiger partial charge in [0.25, 0.3) is 0 Å². The first kappa shape index (κ1) is 14.9. The van der Waals surface area contributed by atoms with Crippen molar-refractivity contribution in [2.45, 2.75) is 13.0 Å². The SMILES string of the molecule is CC(=O)N1CCOC(CNc2c(N)cc(Cl)cc2F)C1. The van der Waals surface area contributed by atoms with Crippen molar-refractivity contribution in [3.8, 4) is 0 Å². The lowest BCUT2D eigenvalue weighted by molar-refractivity contribution is -0.135. The van der Waals surface area contributed by atoms with E-state index >= 15 is 0 Å². The topological polar surface area (TPSA) is 67.6 Å². The number of hydrogen-bond donors (Lipinski definition) is 2. The van der Waals surface area contributed by atoms with Gasteiger partial charge in [0.1, 0.15) is 5.82 Å². The second kappa shape index (κ2) is 6.28. The van der Waals surface area contributed by atoms with Crippen molar-refractivity contribution in [1.29, 1.82) is 0 Å². The highest BCUT2D eigenvalue weighted by Crippen LogP contribution is 2.26. The van der Waals surface area contributed by atoms with E-state index in [1.54, 1.807) is 4.90 Å². The van der Waals surface area contributed by atoms with E-state index in [2.05, 4.69) is 5.32 Å². The van der Waals surface area contributed by atoms with Crippen LogP contribution in [0.25, 0.3) is 0 Å². The summed E-state index contributed by atoms with van der Waals surface area (Å²) in [5.41, 5.74) is 6.17. The smallest absolute Gasteiger partial charge is 0.219 e. The number of ether oxygens (including phenoxy) is 1. The van der Waals surface area contributed by atoms with Crippen molar-refractivity contribution in [2.75, 3.05) is 37.3 Å². The van der Waals surface area contributed by atoms with Gasteiger partial charge < -0.3 is 20.7 Å². The molecule has 5 nitrogen and oxygen atoms in total. The maximum atomic E-state index is 13.7. The van der Waals surface area contributed by atoms with Gasteiger partial charge in [-0.1, -0.05) is 11.6 Å². The minimum atomic E-state index is -0.505. The summed E-state index contributed by atoms with van der Waals surface area (Å²) in [6, 6.07) is 2.68. The van der Waals surface area contributed by atoms with Crippen molar-refractivity contribution in [2.24, 2.45) is 0 Å². The average Bonchev–Trinajstić information content (AvgIpc) is 2.37. The van der Waals surface area contributed by atoms with E-state index in [9.17, 15) is 9.18 Å². The van der Waals surface area contributed by atoms with Crippen LogP contribution in [0.1, 0.15) is 6.92 Å². The second-order valence-corrected chi connectivity index (χ2v) is 5.13. The predicted molar refractivity (Wildman–Crippen MR) is 76.3 cm³/mol. The van der Waals surface area contributed by atoms with Crippen LogP contribution in [0.15, 0.2) is 12.1 Å². The molecule has 1 unspecified atom stereocenters. The Hall–Kier alpha value is -1.53. The molecule has 0 aliphatic carbocycles. The third-order valence-corrected chi connectivity index (χ3v) is 3.39. The number of rotatable bonds is 3. The third kappa shape index (κ3) is 3.52. The van der Waals surface area contributed by atoms with Gasteiger partial charge in [-0.2, -0.15) is 0 Å². The first-order chi connectivity index (χ1) is 9.47. The Bertz CT molecular complexity index is 489. The molecule has 0 bridgehead atoms. The highest BCUT2D eigenvalue weighted by molar-refractivity contribution is 6.31. The Morgan fingerprint density at radius 2 is 2.40 bits per heavy atom. The van der Waals surface area contributed by atoms with E-state index in [4.69, 9.17) is 22.1 Å². The first-order valence-electron chi connectivity index (χ1n) is 6.33. The summed E-state index contributed by atoms with van der Waals surface area (Å²) in [7, 11) is 0. The van der Waals surface area contributed by atoms with E-state index in [-0.39, 0.29) is 28.4 Å². The molecule has 1 atom stereocenters. The van der Waals surface area contributed by atoms with Gasteiger partial charge in [-0.15, -0.1) is 0 Å². The highest BCUT2D eigenvalue weighted by Gasteiger charge is 2.22. The van der Waals surface area contributed by atoms with Crippen molar-refractivity contribution >= 4 is 28.9 Å². The van der Waals surface area contributed by atoms with Crippen LogP contribution in [-0.4, -0.2) is 43.2 Å². The van der Waals surface area contributed by atoms with Gasteiger partial charge in [0, 0.05) is 31.6 Å². The zero-order chi connectivity index (χ0) is 14.7. The van der Waals surface area contributed by atoms with Crippen LogP contribution < -0.4 is 11.1 Å². The normalized spacial score (nSPS) is 18.9. The fourth-order valence-corrected chi connectivity index (χ4v) is 2.34. The molecule has 1 aliphatic heterocycles. The lowest BCUT2D eigenvalue weighted by atomic mass is 10.2. The van der Waals surface area contributed by atoms with Crippen LogP contribution in [0.3, 0.4) is 0 Å². The fourth-order valence-electron chi connectivity index (χ4n) is 2.12. The highest BCUT2D eigenvalue weighted by atomic mass is 35.5. The molecule has 0 saturated carbocycles. The van der Waals surface area contributed by atoms with E-state index in [0.29, 0.717) is 26.2 Å². The maximum absolute atomic E-state index is 13.7. The molecule has 0 spiro atoms. The number of amides is 1. The average molecular weight is 302 g/mol. The summed E-state index contributed by atoms with van der Waals surface area (Å²) in [6.07, 6.45) is -0.192. The molecule has 1 heterocycles. The zero-order valence-electron chi connectivity index (χ0n) is 11.2. The number of hydrogen-bond acceptors (Lipinski definition) is 4. The number of nitrogens with two attached hydrogens (primary N) is 1. The minimum absolute atomic E-state index is 0.00971. The fraction of sp³-hybridized carbons (Fsp3) is 0.462. The van der Waals surface area contributed by atoms with Crippen LogP contribution >= 0.6 is 11.6 Å².